The number of para-hydroxylation sites is 1. The lowest BCUT2D eigenvalue weighted by Crippen LogP contribution is -2.22. The van der Waals surface area contributed by atoms with Gasteiger partial charge in [0.05, 0.1) is 18.4 Å². The third-order valence-electron chi connectivity index (χ3n) is 4.36. The number of nitrogens with one attached hydrogen (secondary N) is 1. The van der Waals surface area contributed by atoms with Gasteiger partial charge in [-0.2, -0.15) is 16.4 Å². The Kier molecular flexibility index (Phi) is 5.21. The maximum Gasteiger partial charge on any atom is 0.255 e. The molecule has 2 aromatic carbocycles. The highest BCUT2D eigenvalue weighted by Crippen LogP contribution is 2.27. The number of benzene rings is 2. The topological polar surface area (TPSA) is 56.2 Å². The van der Waals surface area contributed by atoms with Crippen LogP contribution in [0.25, 0.3) is 16.9 Å². The number of nitrogens with zero attached hydrogens (tertiary/aromatic N) is 2. The zero-order valence-corrected chi connectivity index (χ0v) is 16.1. The molecule has 28 heavy (non-hydrogen) atoms. The van der Waals surface area contributed by atoms with Crippen molar-refractivity contribution in [1.29, 1.82) is 0 Å². The van der Waals surface area contributed by atoms with Gasteiger partial charge in [-0.1, -0.05) is 30.3 Å². The highest BCUT2D eigenvalue weighted by atomic mass is 32.1. The first-order chi connectivity index (χ1) is 13.7. The van der Waals surface area contributed by atoms with Crippen molar-refractivity contribution in [2.75, 3.05) is 7.11 Å². The summed E-state index contributed by atoms with van der Waals surface area (Å²) >= 11 is 1.61. The van der Waals surface area contributed by atoms with Crippen LogP contribution < -0.4 is 10.1 Å². The van der Waals surface area contributed by atoms with Gasteiger partial charge in [-0.15, -0.1) is 0 Å². The minimum Gasteiger partial charge on any atom is -0.497 e. The third kappa shape index (κ3) is 3.82. The second-order valence-electron chi connectivity index (χ2n) is 6.22. The van der Waals surface area contributed by atoms with Crippen LogP contribution in [0.1, 0.15) is 15.9 Å². The molecule has 0 fully saturated rings. The van der Waals surface area contributed by atoms with E-state index >= 15 is 0 Å². The van der Waals surface area contributed by atoms with Crippen molar-refractivity contribution in [3.05, 3.63) is 88.7 Å². The quantitative estimate of drug-likeness (QED) is 0.527. The molecule has 0 bridgehead atoms. The molecular formula is C22H19N3O2S. The molecule has 5 nitrogen and oxygen atoms in total. The van der Waals surface area contributed by atoms with Crippen LogP contribution in [0, 0.1) is 0 Å². The summed E-state index contributed by atoms with van der Waals surface area (Å²) in [6.45, 7) is 0.483. The molecule has 0 spiro atoms. The van der Waals surface area contributed by atoms with Gasteiger partial charge in [-0.25, -0.2) is 4.68 Å². The summed E-state index contributed by atoms with van der Waals surface area (Å²) in [7, 11) is 1.62. The minimum absolute atomic E-state index is 0.161. The largest absolute Gasteiger partial charge is 0.497 e. The maximum atomic E-state index is 12.9. The van der Waals surface area contributed by atoms with E-state index in [0.717, 1.165) is 22.6 Å². The fraction of sp³-hybridized carbons (Fsp3) is 0.0909. The zero-order chi connectivity index (χ0) is 19.3. The molecule has 0 aliphatic rings. The first-order valence-corrected chi connectivity index (χ1v) is 9.77. The summed E-state index contributed by atoms with van der Waals surface area (Å²) < 4.78 is 7.06. The van der Waals surface area contributed by atoms with E-state index in [4.69, 9.17) is 9.84 Å². The number of hydrogen-bond donors (Lipinski definition) is 1. The van der Waals surface area contributed by atoms with Crippen molar-refractivity contribution in [3.8, 4) is 22.7 Å². The van der Waals surface area contributed by atoms with E-state index in [1.165, 1.54) is 0 Å². The van der Waals surface area contributed by atoms with Crippen LogP contribution in [0.5, 0.6) is 5.75 Å². The summed E-state index contributed by atoms with van der Waals surface area (Å²) in [5.74, 6) is 0.558. The van der Waals surface area contributed by atoms with E-state index < -0.39 is 0 Å². The molecule has 1 N–H and O–H groups in total. The van der Waals surface area contributed by atoms with E-state index in [2.05, 4.69) is 5.32 Å². The highest BCUT2D eigenvalue weighted by molar-refractivity contribution is 7.07. The van der Waals surface area contributed by atoms with Gasteiger partial charge < -0.3 is 10.1 Å². The molecule has 0 unspecified atom stereocenters. The lowest BCUT2D eigenvalue weighted by molar-refractivity contribution is 0.0951. The van der Waals surface area contributed by atoms with E-state index in [9.17, 15) is 4.79 Å². The normalized spacial score (nSPS) is 10.6. The van der Waals surface area contributed by atoms with Gasteiger partial charge in [0, 0.05) is 18.3 Å². The Labute approximate surface area is 167 Å². The molecule has 140 valence electrons. The number of amides is 1. The van der Waals surface area contributed by atoms with Crippen LogP contribution in [-0.4, -0.2) is 22.8 Å². The van der Waals surface area contributed by atoms with Crippen molar-refractivity contribution in [1.82, 2.24) is 15.1 Å². The van der Waals surface area contributed by atoms with Gasteiger partial charge in [0.1, 0.15) is 11.4 Å². The van der Waals surface area contributed by atoms with Gasteiger partial charge in [0.15, 0.2) is 0 Å². The third-order valence-corrected chi connectivity index (χ3v) is 5.09. The number of methoxy groups -OCH3 is 1. The Balaban J connectivity index is 1.72. The van der Waals surface area contributed by atoms with E-state index in [1.807, 2.05) is 71.4 Å². The van der Waals surface area contributed by atoms with Crippen LogP contribution >= 0.6 is 11.3 Å². The summed E-state index contributed by atoms with van der Waals surface area (Å²) in [5.41, 5.74) is 3.94. The van der Waals surface area contributed by atoms with Crippen molar-refractivity contribution in [2.24, 2.45) is 0 Å². The fourth-order valence-corrected chi connectivity index (χ4v) is 3.58. The van der Waals surface area contributed by atoms with Crippen LogP contribution in [0.4, 0.5) is 0 Å². The first kappa shape index (κ1) is 18.0. The number of hydrogen-bond acceptors (Lipinski definition) is 4. The molecule has 6 heteroatoms. The number of carbonyl (C=O) groups excluding carboxylic acids is 1. The second kappa shape index (κ2) is 8.10. The predicted octanol–water partition coefficient (Wildman–Crippen LogP) is 4.54. The number of rotatable bonds is 6. The lowest BCUT2D eigenvalue weighted by atomic mass is 10.1. The Morgan fingerprint density at radius 1 is 1.14 bits per heavy atom. The molecule has 0 atom stereocenters. The highest BCUT2D eigenvalue weighted by Gasteiger charge is 2.19. The van der Waals surface area contributed by atoms with Crippen LogP contribution in [0.15, 0.2) is 77.6 Å². The average molecular weight is 389 g/mol. The van der Waals surface area contributed by atoms with Crippen molar-refractivity contribution >= 4 is 17.2 Å². The zero-order valence-electron chi connectivity index (χ0n) is 15.3. The Morgan fingerprint density at radius 2 is 2.00 bits per heavy atom. The van der Waals surface area contributed by atoms with Crippen LogP contribution in [0.2, 0.25) is 0 Å². The molecule has 0 aliphatic heterocycles. The Morgan fingerprint density at radius 3 is 2.75 bits per heavy atom. The SMILES string of the molecule is COc1cccc(-c2nn(-c3ccccc3)cc2C(=O)NCc2ccsc2)c1. The van der Waals surface area contributed by atoms with Crippen molar-refractivity contribution in [2.45, 2.75) is 6.54 Å². The summed E-state index contributed by atoms with van der Waals surface area (Å²) in [6.07, 6.45) is 1.77. The van der Waals surface area contributed by atoms with Crippen molar-refractivity contribution < 1.29 is 9.53 Å². The second-order valence-corrected chi connectivity index (χ2v) is 7.00. The van der Waals surface area contributed by atoms with Gasteiger partial charge in [-0.3, -0.25) is 4.79 Å². The molecule has 0 radical (unpaired) electrons. The number of carbonyl (C=O) groups is 1. The summed E-state index contributed by atoms with van der Waals surface area (Å²) in [5, 5.41) is 11.7. The van der Waals surface area contributed by atoms with Gasteiger partial charge in [-0.05, 0) is 46.7 Å². The summed E-state index contributed by atoms with van der Waals surface area (Å²) in [6, 6.07) is 19.3. The molecule has 4 aromatic rings. The Hall–Kier alpha value is -3.38. The van der Waals surface area contributed by atoms with E-state index in [1.54, 1.807) is 29.3 Å². The monoisotopic (exact) mass is 389 g/mol. The van der Waals surface area contributed by atoms with Gasteiger partial charge in [0.25, 0.3) is 5.91 Å². The molecule has 0 saturated heterocycles. The molecule has 0 saturated carbocycles. The smallest absolute Gasteiger partial charge is 0.255 e. The molecule has 4 rings (SSSR count). The van der Waals surface area contributed by atoms with Crippen molar-refractivity contribution in [3.63, 3.8) is 0 Å². The fourth-order valence-electron chi connectivity index (χ4n) is 2.91. The number of aromatic nitrogens is 2. The van der Waals surface area contributed by atoms with E-state index in [-0.39, 0.29) is 5.91 Å². The average Bonchev–Trinajstić information content (AvgIpc) is 3.43. The Bertz CT molecular complexity index is 1070. The molecule has 2 aromatic heterocycles. The van der Waals surface area contributed by atoms with Crippen LogP contribution in [-0.2, 0) is 6.54 Å². The maximum absolute atomic E-state index is 12.9. The molecule has 2 heterocycles. The van der Waals surface area contributed by atoms with Crippen LogP contribution in [0.3, 0.4) is 0 Å². The van der Waals surface area contributed by atoms with Gasteiger partial charge >= 0.3 is 0 Å². The summed E-state index contributed by atoms with van der Waals surface area (Å²) in [4.78, 5) is 12.9. The molecular weight excluding hydrogens is 370 g/mol. The van der Waals surface area contributed by atoms with E-state index in [0.29, 0.717) is 17.8 Å². The standard InChI is InChI=1S/C22H19N3O2S/c1-27-19-9-5-6-17(12-19)21-20(22(26)23-13-16-10-11-28-15-16)14-25(24-21)18-7-3-2-4-8-18/h2-12,14-15H,13H2,1H3,(H,23,26). The van der Waals surface area contributed by atoms with Gasteiger partial charge in [0.2, 0.25) is 0 Å². The predicted molar refractivity (Wildman–Crippen MR) is 111 cm³/mol. The molecule has 0 aliphatic carbocycles. The minimum atomic E-state index is -0.161. The number of thiophene rings is 1. The first-order valence-electron chi connectivity index (χ1n) is 8.83. The molecule has 1 amide bonds. The lowest BCUT2D eigenvalue weighted by Gasteiger charge is -2.06. The number of ether oxygens (including phenoxy) is 1.